The molecular formula is C18H27NO5. The third kappa shape index (κ3) is 4.06. The summed E-state index contributed by atoms with van der Waals surface area (Å²) < 4.78 is 16.6. The first kappa shape index (κ1) is 18.7. The van der Waals surface area contributed by atoms with Gasteiger partial charge in [-0.15, -0.1) is 0 Å². The van der Waals surface area contributed by atoms with Gasteiger partial charge in [0.25, 0.3) is 0 Å². The maximum Gasteiger partial charge on any atom is 0.413 e. The second kappa shape index (κ2) is 6.70. The lowest BCUT2D eigenvalue weighted by Crippen LogP contribution is -2.66. The molecule has 0 aliphatic carbocycles. The van der Waals surface area contributed by atoms with Gasteiger partial charge in [-0.05, 0) is 40.2 Å². The maximum absolute atomic E-state index is 12.5. The number of amides is 1. The molecule has 2 rings (SSSR count). The summed E-state index contributed by atoms with van der Waals surface area (Å²) >= 11 is 0. The number of aliphatic hydroxyl groups is 1. The summed E-state index contributed by atoms with van der Waals surface area (Å²) in [7, 11) is 1.54. The molecule has 1 aliphatic heterocycles. The van der Waals surface area contributed by atoms with Gasteiger partial charge >= 0.3 is 6.09 Å². The van der Waals surface area contributed by atoms with Crippen molar-refractivity contribution in [3.05, 3.63) is 35.9 Å². The molecule has 1 amide bonds. The van der Waals surface area contributed by atoms with Gasteiger partial charge in [-0.3, -0.25) is 4.90 Å². The molecule has 24 heavy (non-hydrogen) atoms. The van der Waals surface area contributed by atoms with E-state index in [1.54, 1.807) is 34.6 Å². The zero-order chi connectivity index (χ0) is 18.1. The number of carbonyl (C=O) groups is 1. The number of ether oxygens (including phenoxy) is 3. The molecule has 1 fully saturated rings. The number of methoxy groups -OCH3 is 1. The molecule has 1 aromatic carbocycles. The van der Waals surface area contributed by atoms with E-state index in [1.807, 2.05) is 30.3 Å². The minimum atomic E-state index is -1.10. The largest absolute Gasteiger partial charge is 0.444 e. The number of hydrogen-bond acceptors (Lipinski definition) is 5. The van der Waals surface area contributed by atoms with Gasteiger partial charge in [0.15, 0.2) is 12.0 Å². The summed E-state index contributed by atoms with van der Waals surface area (Å²) in [6.07, 6.45) is -2.27. The Balaban J connectivity index is 2.26. The fourth-order valence-electron chi connectivity index (χ4n) is 2.58. The third-order valence-electron chi connectivity index (χ3n) is 3.85. The number of rotatable bonds is 4. The van der Waals surface area contributed by atoms with E-state index in [1.165, 1.54) is 12.0 Å². The number of likely N-dealkylation sites (tertiary alicyclic amines) is 1. The number of benzene rings is 1. The van der Waals surface area contributed by atoms with E-state index in [-0.39, 0.29) is 0 Å². The molecule has 1 saturated heterocycles. The van der Waals surface area contributed by atoms with E-state index in [9.17, 15) is 9.90 Å². The fraction of sp³-hybridized carbons (Fsp3) is 0.611. The molecule has 0 spiro atoms. The van der Waals surface area contributed by atoms with Crippen molar-refractivity contribution in [1.29, 1.82) is 0 Å². The number of hydrogen-bond donors (Lipinski definition) is 1. The van der Waals surface area contributed by atoms with Crippen LogP contribution < -0.4 is 0 Å². The van der Waals surface area contributed by atoms with Crippen LogP contribution in [0.5, 0.6) is 0 Å². The highest BCUT2D eigenvalue weighted by Gasteiger charge is 2.55. The lowest BCUT2D eigenvalue weighted by Gasteiger charge is -2.53. The second-order valence-corrected chi connectivity index (χ2v) is 7.34. The maximum atomic E-state index is 12.5. The first-order valence-corrected chi connectivity index (χ1v) is 8.03. The van der Waals surface area contributed by atoms with Gasteiger partial charge in [0, 0.05) is 7.11 Å². The van der Waals surface area contributed by atoms with Crippen LogP contribution in [0, 0.1) is 0 Å². The molecule has 0 radical (unpaired) electrons. The van der Waals surface area contributed by atoms with Crippen molar-refractivity contribution < 1.29 is 24.1 Å². The van der Waals surface area contributed by atoms with Crippen LogP contribution in [-0.4, -0.2) is 46.9 Å². The number of aliphatic hydroxyl groups excluding tert-OH is 1. The smallest absolute Gasteiger partial charge is 0.413 e. The molecular weight excluding hydrogens is 310 g/mol. The van der Waals surface area contributed by atoms with Gasteiger partial charge in [-0.1, -0.05) is 30.3 Å². The lowest BCUT2D eigenvalue weighted by molar-refractivity contribution is -0.308. The molecule has 1 aliphatic rings. The number of carbonyl (C=O) groups excluding carboxylic acids is 1. The minimum Gasteiger partial charge on any atom is -0.444 e. The van der Waals surface area contributed by atoms with E-state index in [0.29, 0.717) is 0 Å². The molecule has 0 aromatic heterocycles. The van der Waals surface area contributed by atoms with Crippen LogP contribution >= 0.6 is 0 Å². The van der Waals surface area contributed by atoms with Crippen molar-refractivity contribution in [2.24, 2.45) is 0 Å². The van der Waals surface area contributed by atoms with Gasteiger partial charge in [0.2, 0.25) is 0 Å². The molecule has 3 atom stereocenters. The quantitative estimate of drug-likeness (QED) is 0.855. The first-order valence-electron chi connectivity index (χ1n) is 8.03. The van der Waals surface area contributed by atoms with Crippen molar-refractivity contribution >= 4 is 6.09 Å². The highest BCUT2D eigenvalue weighted by molar-refractivity contribution is 5.71. The predicted molar refractivity (Wildman–Crippen MR) is 89.2 cm³/mol. The van der Waals surface area contributed by atoms with Gasteiger partial charge in [-0.25, -0.2) is 4.79 Å². The Labute approximate surface area is 143 Å². The number of nitrogens with zero attached hydrogens (tertiary/aromatic N) is 1. The monoisotopic (exact) mass is 337 g/mol. The Kier molecular flexibility index (Phi) is 5.22. The summed E-state index contributed by atoms with van der Waals surface area (Å²) in [5, 5.41) is 10.5. The predicted octanol–water partition coefficient (Wildman–Crippen LogP) is 3.06. The zero-order valence-corrected chi connectivity index (χ0v) is 15.1. The van der Waals surface area contributed by atoms with Crippen molar-refractivity contribution in [2.75, 3.05) is 7.11 Å². The van der Waals surface area contributed by atoms with Crippen LogP contribution in [0.2, 0.25) is 0 Å². The minimum absolute atomic E-state index is 0.439. The van der Waals surface area contributed by atoms with Crippen LogP contribution in [0.25, 0.3) is 0 Å². The second-order valence-electron chi connectivity index (χ2n) is 7.34. The Morgan fingerprint density at radius 1 is 1.12 bits per heavy atom. The summed E-state index contributed by atoms with van der Waals surface area (Å²) in [6.45, 7) is 8.89. The molecule has 1 unspecified atom stereocenters. The normalized spacial score (nSPS) is 24.5. The SMILES string of the molecule is COC(C)(C)O[C@H]1C(O)N(C(=O)OC(C)(C)C)[C@H]1c1ccccc1. The Bertz CT molecular complexity index is 567. The Morgan fingerprint density at radius 3 is 2.21 bits per heavy atom. The highest BCUT2D eigenvalue weighted by atomic mass is 16.7. The molecule has 1 heterocycles. The topological polar surface area (TPSA) is 68.2 Å². The molecule has 1 aromatic rings. The van der Waals surface area contributed by atoms with E-state index in [2.05, 4.69) is 0 Å². The van der Waals surface area contributed by atoms with Crippen molar-refractivity contribution in [3.63, 3.8) is 0 Å². The lowest BCUT2D eigenvalue weighted by atomic mass is 9.90. The highest BCUT2D eigenvalue weighted by Crippen LogP contribution is 2.42. The van der Waals surface area contributed by atoms with Crippen LogP contribution in [0.15, 0.2) is 30.3 Å². The van der Waals surface area contributed by atoms with Crippen molar-refractivity contribution in [1.82, 2.24) is 4.90 Å². The van der Waals surface area contributed by atoms with Crippen molar-refractivity contribution in [2.45, 2.75) is 64.4 Å². The molecule has 1 N–H and O–H groups in total. The van der Waals surface area contributed by atoms with Crippen LogP contribution in [0.1, 0.15) is 46.2 Å². The Hall–Kier alpha value is -1.63. The Morgan fingerprint density at radius 2 is 1.71 bits per heavy atom. The molecule has 6 nitrogen and oxygen atoms in total. The molecule has 6 heteroatoms. The first-order chi connectivity index (χ1) is 11.1. The fourth-order valence-corrected chi connectivity index (χ4v) is 2.58. The molecule has 0 saturated carbocycles. The zero-order valence-electron chi connectivity index (χ0n) is 15.1. The van der Waals surface area contributed by atoms with Gasteiger partial charge in [-0.2, -0.15) is 0 Å². The summed E-state index contributed by atoms with van der Waals surface area (Å²) in [5.41, 5.74) is 0.223. The average Bonchev–Trinajstić information content (AvgIpc) is 2.49. The summed E-state index contributed by atoms with van der Waals surface area (Å²) in [4.78, 5) is 13.8. The van der Waals surface area contributed by atoms with E-state index < -0.39 is 35.9 Å². The summed E-state index contributed by atoms with van der Waals surface area (Å²) in [6, 6.07) is 9.00. The average molecular weight is 337 g/mol. The molecule has 134 valence electrons. The molecule has 0 bridgehead atoms. The van der Waals surface area contributed by atoms with Crippen molar-refractivity contribution in [3.8, 4) is 0 Å². The van der Waals surface area contributed by atoms with Gasteiger partial charge in [0.1, 0.15) is 11.7 Å². The van der Waals surface area contributed by atoms with E-state index >= 15 is 0 Å². The third-order valence-corrected chi connectivity index (χ3v) is 3.85. The van der Waals surface area contributed by atoms with Crippen LogP contribution in [0.4, 0.5) is 4.79 Å². The van der Waals surface area contributed by atoms with Gasteiger partial charge < -0.3 is 19.3 Å². The van der Waals surface area contributed by atoms with Crippen LogP contribution in [0.3, 0.4) is 0 Å². The summed E-state index contributed by atoms with van der Waals surface area (Å²) in [5.74, 6) is -0.876. The van der Waals surface area contributed by atoms with Gasteiger partial charge in [0.05, 0.1) is 6.04 Å². The van der Waals surface area contributed by atoms with E-state index in [0.717, 1.165) is 5.56 Å². The standard InChI is InChI=1S/C18H27NO5/c1-17(2,3)24-16(21)19-13(12-10-8-7-9-11-12)14(15(19)20)23-18(4,5)22-6/h7-11,13-15,20H,1-6H3/t13-,14+,15?/m0/s1. The van der Waals surface area contributed by atoms with Crippen LogP contribution in [-0.2, 0) is 14.2 Å². The van der Waals surface area contributed by atoms with E-state index in [4.69, 9.17) is 14.2 Å².